The molecule has 2 nitrogen and oxygen atoms in total. The minimum Gasteiger partial charge on any atom is -0.320 e. The standard InChI is InChI=1S/C13H21BrN2S.ClH/c1-15-7-4-11-5-8-16(9-6-11)10-12-2-3-13(14)17-12;/h2-3,11,15H,4-10H2,1H3;1H. The molecule has 0 bridgehead atoms. The number of hydrogen-bond acceptors (Lipinski definition) is 3. The first-order valence-corrected chi connectivity index (χ1v) is 8.00. The summed E-state index contributed by atoms with van der Waals surface area (Å²) in [6.07, 6.45) is 4.08. The molecule has 5 heteroatoms. The van der Waals surface area contributed by atoms with E-state index in [9.17, 15) is 0 Å². The lowest BCUT2D eigenvalue weighted by Crippen LogP contribution is -2.33. The van der Waals surface area contributed by atoms with Crippen LogP contribution < -0.4 is 5.32 Å². The van der Waals surface area contributed by atoms with E-state index in [2.05, 4.69) is 38.3 Å². The fourth-order valence-electron chi connectivity index (χ4n) is 2.44. The van der Waals surface area contributed by atoms with E-state index in [4.69, 9.17) is 0 Å². The van der Waals surface area contributed by atoms with Crippen LogP contribution in [0.3, 0.4) is 0 Å². The van der Waals surface area contributed by atoms with Gasteiger partial charge in [0.05, 0.1) is 3.79 Å². The highest BCUT2D eigenvalue weighted by Gasteiger charge is 2.18. The SMILES string of the molecule is CNCCC1CCN(Cc2ccc(Br)s2)CC1.Cl. The number of thiophene rings is 1. The summed E-state index contributed by atoms with van der Waals surface area (Å²) >= 11 is 5.39. The van der Waals surface area contributed by atoms with Crippen LogP contribution in [-0.4, -0.2) is 31.6 Å². The average Bonchev–Trinajstić information content (AvgIpc) is 2.74. The van der Waals surface area contributed by atoms with Gasteiger partial charge in [0.1, 0.15) is 0 Å². The molecule has 0 aromatic carbocycles. The summed E-state index contributed by atoms with van der Waals surface area (Å²) in [5, 5.41) is 3.25. The molecule has 0 saturated carbocycles. The smallest absolute Gasteiger partial charge is 0.0701 e. The number of rotatable bonds is 5. The second kappa shape index (κ2) is 8.54. The van der Waals surface area contributed by atoms with Crippen molar-refractivity contribution in [2.75, 3.05) is 26.7 Å². The van der Waals surface area contributed by atoms with Crippen molar-refractivity contribution in [2.24, 2.45) is 5.92 Å². The number of hydrogen-bond donors (Lipinski definition) is 1. The third-order valence-electron chi connectivity index (χ3n) is 3.52. The Balaban J connectivity index is 0.00000162. The van der Waals surface area contributed by atoms with Crippen LogP contribution >= 0.6 is 39.7 Å². The van der Waals surface area contributed by atoms with Crippen molar-refractivity contribution >= 4 is 39.7 Å². The molecule has 1 aliphatic rings. The number of piperidine rings is 1. The summed E-state index contributed by atoms with van der Waals surface area (Å²) in [5.74, 6) is 0.939. The molecule has 18 heavy (non-hydrogen) atoms. The highest BCUT2D eigenvalue weighted by molar-refractivity contribution is 9.11. The van der Waals surface area contributed by atoms with E-state index in [1.165, 1.54) is 47.6 Å². The van der Waals surface area contributed by atoms with Gasteiger partial charge in [0.15, 0.2) is 0 Å². The Morgan fingerprint density at radius 3 is 2.67 bits per heavy atom. The maximum atomic E-state index is 3.53. The molecule has 1 aromatic heterocycles. The summed E-state index contributed by atoms with van der Waals surface area (Å²) < 4.78 is 1.25. The van der Waals surface area contributed by atoms with Gasteiger partial charge in [-0.05, 0) is 79.9 Å². The van der Waals surface area contributed by atoms with Gasteiger partial charge in [-0.15, -0.1) is 23.7 Å². The molecule has 2 heterocycles. The molecule has 0 spiro atoms. The van der Waals surface area contributed by atoms with Gasteiger partial charge in [0.25, 0.3) is 0 Å². The first kappa shape index (κ1) is 16.4. The Kier molecular flexibility index (Phi) is 7.80. The molecule has 1 saturated heterocycles. The van der Waals surface area contributed by atoms with Crippen LogP contribution in [0.1, 0.15) is 24.1 Å². The maximum absolute atomic E-state index is 3.53. The van der Waals surface area contributed by atoms with E-state index in [0.717, 1.165) is 12.5 Å². The van der Waals surface area contributed by atoms with E-state index in [0.29, 0.717) is 0 Å². The van der Waals surface area contributed by atoms with Gasteiger partial charge in [0, 0.05) is 11.4 Å². The van der Waals surface area contributed by atoms with Crippen LogP contribution in [0.5, 0.6) is 0 Å². The van der Waals surface area contributed by atoms with E-state index in [-0.39, 0.29) is 12.4 Å². The second-order valence-corrected chi connectivity index (χ2v) is 7.37. The molecule has 104 valence electrons. The Morgan fingerprint density at radius 1 is 1.39 bits per heavy atom. The maximum Gasteiger partial charge on any atom is 0.0701 e. The number of likely N-dealkylation sites (tertiary alicyclic amines) is 1. The third kappa shape index (κ3) is 5.17. The summed E-state index contributed by atoms with van der Waals surface area (Å²) in [6.45, 7) is 4.84. The minimum atomic E-state index is 0. The Morgan fingerprint density at radius 2 is 2.11 bits per heavy atom. The van der Waals surface area contributed by atoms with Gasteiger partial charge < -0.3 is 5.32 Å². The van der Waals surface area contributed by atoms with E-state index >= 15 is 0 Å². The molecule has 1 fully saturated rings. The van der Waals surface area contributed by atoms with Gasteiger partial charge >= 0.3 is 0 Å². The van der Waals surface area contributed by atoms with Crippen molar-refractivity contribution in [2.45, 2.75) is 25.8 Å². The van der Waals surface area contributed by atoms with Gasteiger partial charge in [0.2, 0.25) is 0 Å². The second-order valence-electron chi connectivity index (χ2n) is 4.82. The molecule has 0 atom stereocenters. The monoisotopic (exact) mass is 352 g/mol. The zero-order valence-corrected chi connectivity index (χ0v) is 14.0. The van der Waals surface area contributed by atoms with Crippen LogP contribution in [0.25, 0.3) is 0 Å². The normalized spacial score (nSPS) is 17.7. The zero-order chi connectivity index (χ0) is 12.1. The molecule has 0 aliphatic carbocycles. The fourth-order valence-corrected chi connectivity index (χ4v) is 3.96. The van der Waals surface area contributed by atoms with Gasteiger partial charge in [-0.2, -0.15) is 0 Å². The Bertz CT molecular complexity index is 337. The molecule has 2 rings (SSSR count). The molecule has 1 N–H and O–H groups in total. The Labute approximate surface area is 129 Å². The third-order valence-corrected chi connectivity index (χ3v) is 5.13. The van der Waals surface area contributed by atoms with Crippen molar-refractivity contribution in [1.82, 2.24) is 10.2 Å². The summed E-state index contributed by atoms with van der Waals surface area (Å²) in [5.41, 5.74) is 0. The molecule has 1 aromatic rings. The van der Waals surface area contributed by atoms with Crippen LogP contribution in [0.2, 0.25) is 0 Å². The first-order valence-electron chi connectivity index (χ1n) is 6.39. The minimum absolute atomic E-state index is 0. The van der Waals surface area contributed by atoms with Crippen LogP contribution in [-0.2, 0) is 6.54 Å². The quantitative estimate of drug-likeness (QED) is 0.867. The van der Waals surface area contributed by atoms with Crippen LogP contribution in [0, 0.1) is 5.92 Å². The summed E-state index contributed by atoms with van der Waals surface area (Å²) in [4.78, 5) is 4.07. The molecule has 0 radical (unpaired) electrons. The van der Waals surface area contributed by atoms with Crippen molar-refractivity contribution in [3.05, 3.63) is 20.8 Å². The predicted molar refractivity (Wildman–Crippen MR) is 85.8 cm³/mol. The lowest BCUT2D eigenvalue weighted by atomic mass is 9.93. The van der Waals surface area contributed by atoms with E-state index in [1.807, 2.05) is 18.4 Å². The number of nitrogens with zero attached hydrogens (tertiary/aromatic N) is 1. The van der Waals surface area contributed by atoms with Crippen molar-refractivity contribution in [3.8, 4) is 0 Å². The number of nitrogens with one attached hydrogen (secondary N) is 1. The van der Waals surface area contributed by atoms with Crippen LogP contribution in [0.4, 0.5) is 0 Å². The lowest BCUT2D eigenvalue weighted by molar-refractivity contribution is 0.173. The molecule has 0 amide bonds. The van der Waals surface area contributed by atoms with Crippen molar-refractivity contribution in [1.29, 1.82) is 0 Å². The van der Waals surface area contributed by atoms with E-state index < -0.39 is 0 Å². The van der Waals surface area contributed by atoms with Gasteiger partial charge in [-0.3, -0.25) is 4.90 Å². The largest absolute Gasteiger partial charge is 0.320 e. The van der Waals surface area contributed by atoms with Gasteiger partial charge in [-0.25, -0.2) is 0 Å². The zero-order valence-electron chi connectivity index (χ0n) is 10.8. The highest BCUT2D eigenvalue weighted by atomic mass is 79.9. The van der Waals surface area contributed by atoms with Crippen molar-refractivity contribution in [3.63, 3.8) is 0 Å². The molecular weight excluding hydrogens is 332 g/mol. The fraction of sp³-hybridized carbons (Fsp3) is 0.692. The summed E-state index contributed by atoms with van der Waals surface area (Å²) in [6, 6.07) is 4.39. The van der Waals surface area contributed by atoms with Crippen LogP contribution in [0.15, 0.2) is 15.9 Å². The summed E-state index contributed by atoms with van der Waals surface area (Å²) in [7, 11) is 2.05. The van der Waals surface area contributed by atoms with Crippen molar-refractivity contribution < 1.29 is 0 Å². The van der Waals surface area contributed by atoms with Gasteiger partial charge in [-0.1, -0.05) is 0 Å². The highest BCUT2D eigenvalue weighted by Crippen LogP contribution is 2.26. The first-order chi connectivity index (χ1) is 8.28. The Hall–Kier alpha value is 0.390. The molecule has 0 unspecified atom stereocenters. The average molecular weight is 354 g/mol. The number of halogens is 2. The molecular formula is C13H22BrClN2S. The predicted octanol–water partition coefficient (Wildman–Crippen LogP) is 3.75. The lowest BCUT2D eigenvalue weighted by Gasteiger charge is -2.31. The molecule has 1 aliphatic heterocycles. The topological polar surface area (TPSA) is 15.3 Å². The van der Waals surface area contributed by atoms with E-state index in [1.54, 1.807) is 0 Å².